The zero-order valence-corrected chi connectivity index (χ0v) is 27.7. The van der Waals surface area contributed by atoms with Crippen LogP contribution in [0.3, 0.4) is 0 Å². The van der Waals surface area contributed by atoms with Crippen LogP contribution in [-0.4, -0.2) is 14.5 Å². The molecular formula is C43H27N3S2. The van der Waals surface area contributed by atoms with E-state index in [0.717, 1.165) is 43.9 Å². The van der Waals surface area contributed by atoms with Gasteiger partial charge in [0.2, 0.25) is 0 Å². The molecule has 0 aliphatic heterocycles. The van der Waals surface area contributed by atoms with Crippen LogP contribution < -0.4 is 0 Å². The van der Waals surface area contributed by atoms with Gasteiger partial charge in [0.25, 0.3) is 0 Å². The third kappa shape index (κ3) is 3.80. The first-order valence-corrected chi connectivity index (χ1v) is 17.7. The molecule has 5 heteroatoms. The largest absolute Gasteiger partial charge is 0.290 e. The van der Waals surface area contributed by atoms with E-state index in [1.807, 2.05) is 17.4 Å². The molecule has 6 aromatic carbocycles. The van der Waals surface area contributed by atoms with Gasteiger partial charge in [0.15, 0.2) is 5.82 Å². The fraction of sp³-hybridized carbons (Fsp3) is 0.0233. The molecule has 3 nitrogen and oxygen atoms in total. The highest BCUT2D eigenvalue weighted by atomic mass is 32.1. The molecule has 0 atom stereocenters. The minimum absolute atomic E-state index is 0.846. The van der Waals surface area contributed by atoms with Crippen molar-refractivity contribution in [2.24, 2.45) is 0 Å². The molecule has 0 fully saturated rings. The number of nitrogens with zero attached hydrogens (tertiary/aromatic N) is 3. The lowest BCUT2D eigenvalue weighted by Gasteiger charge is -2.14. The molecule has 10 aromatic rings. The summed E-state index contributed by atoms with van der Waals surface area (Å²) in [5.74, 6) is 0.846. The molecule has 0 bridgehead atoms. The Labute approximate surface area is 284 Å². The molecule has 0 saturated heterocycles. The van der Waals surface area contributed by atoms with E-state index in [2.05, 4.69) is 145 Å². The van der Waals surface area contributed by atoms with Gasteiger partial charge in [-0.1, -0.05) is 128 Å². The highest BCUT2D eigenvalue weighted by Crippen LogP contribution is 2.50. The number of hydrogen-bond donors (Lipinski definition) is 0. The van der Waals surface area contributed by atoms with Gasteiger partial charge in [-0.05, 0) is 41.0 Å². The summed E-state index contributed by atoms with van der Waals surface area (Å²) in [6.07, 6.45) is 1.97. The Hall–Kier alpha value is -5.62. The first-order chi connectivity index (χ1) is 23.7. The normalized spacial score (nSPS) is 11.9. The summed E-state index contributed by atoms with van der Waals surface area (Å²) in [4.78, 5) is 13.2. The third-order valence-electron chi connectivity index (χ3n) is 9.54. The first-order valence-electron chi connectivity index (χ1n) is 16.0. The molecule has 0 aliphatic carbocycles. The van der Waals surface area contributed by atoms with Gasteiger partial charge in [-0.3, -0.25) is 4.57 Å². The minimum Gasteiger partial charge on any atom is -0.290 e. The van der Waals surface area contributed by atoms with E-state index >= 15 is 0 Å². The number of aromatic nitrogens is 3. The maximum Gasteiger partial charge on any atom is 0.165 e. The summed E-state index contributed by atoms with van der Waals surface area (Å²) in [7, 11) is 0. The van der Waals surface area contributed by atoms with Crippen molar-refractivity contribution in [3.05, 3.63) is 144 Å². The van der Waals surface area contributed by atoms with Gasteiger partial charge in [-0.15, -0.1) is 22.7 Å². The number of rotatable bonds is 4. The van der Waals surface area contributed by atoms with Crippen LogP contribution in [0.15, 0.2) is 134 Å². The third-order valence-corrected chi connectivity index (χ3v) is 11.7. The lowest BCUT2D eigenvalue weighted by atomic mass is 9.93. The number of benzene rings is 6. The van der Waals surface area contributed by atoms with Crippen molar-refractivity contribution in [3.63, 3.8) is 0 Å². The van der Waals surface area contributed by atoms with Crippen LogP contribution in [0.25, 0.3) is 97.4 Å². The standard InChI is InChI=1S/C43H27N3S2/c1-3-26-15-7-8-18-28(26)35-25(2)47-41-37(35)30-20-10-9-19-29(30)36-31-21-11-13-23-33(31)46(40(36)41)42-38(27-16-5-4-6-17-27)45-43-39(44-42)32-22-12-14-24-34(32)48-43/h3-24H,1H2,2H3. The molecule has 0 aliphatic rings. The van der Waals surface area contributed by atoms with Crippen molar-refractivity contribution in [1.82, 2.24) is 14.5 Å². The fourth-order valence-corrected chi connectivity index (χ4v) is 9.76. The Balaban J connectivity index is 1.46. The molecule has 0 saturated carbocycles. The lowest BCUT2D eigenvalue weighted by Crippen LogP contribution is -2.03. The number of para-hydroxylation sites is 1. The van der Waals surface area contributed by atoms with E-state index < -0.39 is 0 Å². The second-order valence-electron chi connectivity index (χ2n) is 12.2. The smallest absolute Gasteiger partial charge is 0.165 e. The molecule has 0 amide bonds. The first kappa shape index (κ1) is 27.5. The average Bonchev–Trinajstić information content (AvgIpc) is 3.80. The van der Waals surface area contributed by atoms with Crippen LogP contribution in [-0.2, 0) is 0 Å². The Kier molecular flexibility index (Phi) is 5.98. The van der Waals surface area contributed by atoms with Crippen molar-refractivity contribution in [1.29, 1.82) is 0 Å². The molecule has 10 rings (SSSR count). The van der Waals surface area contributed by atoms with Crippen LogP contribution in [0.2, 0.25) is 0 Å². The highest BCUT2D eigenvalue weighted by molar-refractivity contribution is 7.25. The van der Waals surface area contributed by atoms with Crippen molar-refractivity contribution < 1.29 is 0 Å². The number of aryl methyl sites for hydroxylation is 1. The van der Waals surface area contributed by atoms with Crippen LogP contribution >= 0.6 is 22.7 Å². The number of thiophene rings is 2. The average molecular weight is 650 g/mol. The van der Waals surface area contributed by atoms with E-state index in [-0.39, 0.29) is 0 Å². The zero-order valence-electron chi connectivity index (χ0n) is 26.1. The number of fused-ring (bicyclic) bond motifs is 11. The Bertz CT molecular complexity index is 2930. The van der Waals surface area contributed by atoms with Crippen LogP contribution in [0.4, 0.5) is 0 Å². The van der Waals surface area contributed by atoms with E-state index in [0.29, 0.717) is 0 Å². The topological polar surface area (TPSA) is 30.7 Å². The molecule has 0 N–H and O–H groups in total. The summed E-state index contributed by atoms with van der Waals surface area (Å²) in [6, 6.07) is 45.3. The summed E-state index contributed by atoms with van der Waals surface area (Å²) in [6.45, 7) is 6.43. The van der Waals surface area contributed by atoms with E-state index in [4.69, 9.17) is 9.97 Å². The SMILES string of the molecule is C=Cc1ccccc1-c1c(C)sc2c1c1ccccc1c1c3ccccc3n(-c3nc4c(nc3-c3ccccc3)sc3ccccc34)c21. The second kappa shape index (κ2) is 10.4. The zero-order chi connectivity index (χ0) is 31.9. The van der Waals surface area contributed by atoms with Crippen LogP contribution in [0.1, 0.15) is 10.4 Å². The van der Waals surface area contributed by atoms with Gasteiger partial charge in [0.1, 0.15) is 16.0 Å². The van der Waals surface area contributed by atoms with E-state index in [1.165, 1.54) is 57.9 Å². The maximum absolute atomic E-state index is 5.59. The Morgan fingerprint density at radius 2 is 1.31 bits per heavy atom. The summed E-state index contributed by atoms with van der Waals surface area (Å²) >= 11 is 3.58. The number of hydrogen-bond acceptors (Lipinski definition) is 4. The monoisotopic (exact) mass is 649 g/mol. The van der Waals surface area contributed by atoms with E-state index in [9.17, 15) is 0 Å². The Morgan fingerprint density at radius 3 is 2.12 bits per heavy atom. The van der Waals surface area contributed by atoms with Gasteiger partial charge in [0.05, 0.1) is 15.7 Å². The van der Waals surface area contributed by atoms with Gasteiger partial charge in [0, 0.05) is 42.2 Å². The van der Waals surface area contributed by atoms with Gasteiger partial charge in [-0.2, -0.15) is 0 Å². The predicted molar refractivity (Wildman–Crippen MR) is 208 cm³/mol. The highest BCUT2D eigenvalue weighted by Gasteiger charge is 2.26. The second-order valence-corrected chi connectivity index (χ2v) is 14.4. The summed E-state index contributed by atoms with van der Waals surface area (Å²) in [5.41, 5.74) is 8.77. The van der Waals surface area contributed by atoms with Crippen molar-refractivity contribution >= 4 is 91.8 Å². The van der Waals surface area contributed by atoms with E-state index in [1.54, 1.807) is 11.3 Å². The molecule has 0 unspecified atom stereocenters. The molecule has 4 heterocycles. The predicted octanol–water partition coefficient (Wildman–Crippen LogP) is 12.6. The lowest BCUT2D eigenvalue weighted by molar-refractivity contribution is 1.09. The summed E-state index contributed by atoms with van der Waals surface area (Å²) < 4.78 is 4.85. The van der Waals surface area contributed by atoms with Gasteiger partial charge >= 0.3 is 0 Å². The maximum atomic E-state index is 5.59. The van der Waals surface area contributed by atoms with Crippen LogP contribution in [0, 0.1) is 6.92 Å². The fourth-order valence-electron chi connectivity index (χ4n) is 7.52. The molecule has 0 radical (unpaired) electrons. The quantitative estimate of drug-likeness (QED) is 0.190. The molecular weight excluding hydrogens is 623 g/mol. The summed E-state index contributed by atoms with van der Waals surface area (Å²) in [5, 5.41) is 7.36. The van der Waals surface area contributed by atoms with Gasteiger partial charge in [-0.25, -0.2) is 9.97 Å². The van der Waals surface area contributed by atoms with Crippen molar-refractivity contribution in [3.8, 4) is 28.2 Å². The minimum atomic E-state index is 0.846. The molecule has 4 aromatic heterocycles. The molecule has 226 valence electrons. The van der Waals surface area contributed by atoms with Gasteiger partial charge < -0.3 is 0 Å². The molecule has 0 spiro atoms. The van der Waals surface area contributed by atoms with Crippen LogP contribution in [0.5, 0.6) is 0 Å². The Morgan fingerprint density at radius 1 is 0.646 bits per heavy atom. The molecule has 48 heavy (non-hydrogen) atoms. The van der Waals surface area contributed by atoms with Crippen molar-refractivity contribution in [2.75, 3.05) is 0 Å². The van der Waals surface area contributed by atoms with Crippen molar-refractivity contribution in [2.45, 2.75) is 6.92 Å².